The molecule has 0 atom stereocenters. The number of aromatic amines is 1. The molecular formula is C17H14ClNO4S2. The molecule has 1 aromatic heterocycles. The first-order valence-corrected chi connectivity index (χ1v) is 10.3. The number of nitrogens with one attached hydrogen (secondary N) is 1. The van der Waals surface area contributed by atoms with Crippen LogP contribution in [-0.2, 0) is 14.6 Å². The number of ether oxygens (including phenoxy) is 1. The number of methoxy groups -OCH3 is 1. The Morgan fingerprint density at radius 3 is 2.52 bits per heavy atom. The largest absolute Gasteiger partial charge is 0.464 e. The van der Waals surface area contributed by atoms with Crippen molar-refractivity contribution in [1.82, 2.24) is 4.98 Å². The summed E-state index contributed by atoms with van der Waals surface area (Å²) in [6.07, 6.45) is 1.14. The van der Waals surface area contributed by atoms with Crippen molar-refractivity contribution in [3.8, 4) is 0 Å². The van der Waals surface area contributed by atoms with Gasteiger partial charge in [-0.15, -0.1) is 0 Å². The van der Waals surface area contributed by atoms with Gasteiger partial charge in [0.25, 0.3) is 0 Å². The van der Waals surface area contributed by atoms with Gasteiger partial charge >= 0.3 is 5.97 Å². The van der Waals surface area contributed by atoms with E-state index in [0.717, 1.165) is 16.5 Å². The zero-order chi connectivity index (χ0) is 18.2. The van der Waals surface area contributed by atoms with Crippen LogP contribution in [-0.4, -0.2) is 32.7 Å². The third kappa shape index (κ3) is 3.68. The Balaban J connectivity index is 2.22. The molecule has 130 valence electrons. The van der Waals surface area contributed by atoms with Gasteiger partial charge in [-0.05, 0) is 30.3 Å². The Labute approximate surface area is 154 Å². The number of aromatic nitrogens is 1. The minimum atomic E-state index is -3.42. The molecule has 1 heterocycles. The van der Waals surface area contributed by atoms with Gasteiger partial charge in [0.15, 0.2) is 9.84 Å². The van der Waals surface area contributed by atoms with E-state index in [1.165, 1.54) is 24.9 Å². The highest BCUT2D eigenvalue weighted by atomic mass is 35.5. The number of fused-ring (bicyclic) bond motifs is 1. The maximum Gasteiger partial charge on any atom is 0.354 e. The van der Waals surface area contributed by atoms with E-state index < -0.39 is 15.8 Å². The third-order valence-corrected chi connectivity index (χ3v) is 6.23. The summed E-state index contributed by atoms with van der Waals surface area (Å²) < 4.78 is 28.7. The zero-order valence-electron chi connectivity index (χ0n) is 13.4. The van der Waals surface area contributed by atoms with Crippen LogP contribution in [0.25, 0.3) is 10.9 Å². The van der Waals surface area contributed by atoms with Crippen LogP contribution >= 0.6 is 23.4 Å². The summed E-state index contributed by atoms with van der Waals surface area (Å²) in [6.45, 7) is 0. The van der Waals surface area contributed by atoms with Gasteiger partial charge in [0, 0.05) is 26.9 Å². The van der Waals surface area contributed by atoms with Gasteiger partial charge in [0.1, 0.15) is 5.69 Å². The molecule has 0 fully saturated rings. The van der Waals surface area contributed by atoms with Gasteiger partial charge < -0.3 is 9.72 Å². The van der Waals surface area contributed by atoms with Crippen LogP contribution in [0, 0.1) is 0 Å². The Hall–Kier alpha value is -1.96. The topological polar surface area (TPSA) is 76.2 Å². The highest BCUT2D eigenvalue weighted by Crippen LogP contribution is 2.38. The second-order valence-corrected chi connectivity index (χ2v) is 8.87. The molecule has 0 radical (unpaired) electrons. The quantitative estimate of drug-likeness (QED) is 0.671. The van der Waals surface area contributed by atoms with Crippen molar-refractivity contribution in [2.24, 2.45) is 0 Å². The molecule has 0 saturated heterocycles. The van der Waals surface area contributed by atoms with Crippen molar-refractivity contribution >= 4 is 50.1 Å². The van der Waals surface area contributed by atoms with Crippen molar-refractivity contribution in [3.63, 3.8) is 0 Å². The van der Waals surface area contributed by atoms with Crippen LogP contribution in [0.15, 0.2) is 57.2 Å². The Morgan fingerprint density at radius 2 is 1.88 bits per heavy atom. The first-order chi connectivity index (χ1) is 11.8. The average Bonchev–Trinajstić information content (AvgIpc) is 2.99. The minimum absolute atomic E-state index is 0.160. The van der Waals surface area contributed by atoms with E-state index in [9.17, 15) is 13.2 Å². The van der Waals surface area contributed by atoms with Crippen LogP contribution in [0.2, 0.25) is 5.02 Å². The molecule has 0 aliphatic rings. The van der Waals surface area contributed by atoms with Crippen molar-refractivity contribution in [2.45, 2.75) is 14.7 Å². The second kappa shape index (κ2) is 6.74. The average molecular weight is 396 g/mol. The highest BCUT2D eigenvalue weighted by Gasteiger charge is 2.17. The molecule has 0 spiro atoms. The lowest BCUT2D eigenvalue weighted by Crippen LogP contribution is -2.00. The van der Waals surface area contributed by atoms with Gasteiger partial charge in [-0.3, -0.25) is 0 Å². The lowest BCUT2D eigenvalue weighted by atomic mass is 10.2. The molecule has 3 rings (SSSR count). The number of H-pyrrole nitrogens is 1. The first-order valence-electron chi connectivity index (χ1n) is 7.17. The molecular weight excluding hydrogens is 382 g/mol. The lowest BCUT2D eigenvalue weighted by molar-refractivity contribution is 0.0595. The molecule has 0 bridgehead atoms. The van der Waals surface area contributed by atoms with Crippen molar-refractivity contribution in [1.29, 1.82) is 0 Å². The fourth-order valence-corrected chi connectivity index (χ4v) is 4.35. The predicted octanol–water partition coefficient (Wildman–Crippen LogP) is 4.16. The third-order valence-electron chi connectivity index (χ3n) is 3.56. The molecule has 2 aromatic carbocycles. The van der Waals surface area contributed by atoms with Gasteiger partial charge in [0.05, 0.1) is 17.0 Å². The normalized spacial score (nSPS) is 11.6. The lowest BCUT2D eigenvalue weighted by Gasteiger charge is -2.08. The number of benzene rings is 2. The number of hydrogen-bond donors (Lipinski definition) is 1. The number of carbonyl (C=O) groups excluding carboxylic acids is 1. The number of sulfone groups is 1. The summed E-state index contributed by atoms with van der Waals surface area (Å²) in [5, 5.41) is 1.28. The first kappa shape index (κ1) is 17.8. The molecule has 0 aliphatic heterocycles. The van der Waals surface area contributed by atoms with Gasteiger partial charge in [-0.2, -0.15) is 0 Å². The van der Waals surface area contributed by atoms with E-state index in [0.29, 0.717) is 15.4 Å². The number of halogens is 1. The van der Waals surface area contributed by atoms with E-state index in [-0.39, 0.29) is 10.6 Å². The number of hydrogen-bond acceptors (Lipinski definition) is 5. The van der Waals surface area contributed by atoms with E-state index in [4.69, 9.17) is 16.3 Å². The van der Waals surface area contributed by atoms with Crippen LogP contribution in [0.1, 0.15) is 10.5 Å². The fraction of sp³-hybridized carbons (Fsp3) is 0.118. The van der Waals surface area contributed by atoms with E-state index in [1.54, 1.807) is 18.2 Å². The van der Waals surface area contributed by atoms with Crippen LogP contribution < -0.4 is 0 Å². The Morgan fingerprint density at radius 1 is 1.16 bits per heavy atom. The molecule has 25 heavy (non-hydrogen) atoms. The molecule has 0 amide bonds. The number of esters is 1. The maximum atomic E-state index is 12.0. The molecule has 0 aliphatic carbocycles. The van der Waals surface area contributed by atoms with Crippen molar-refractivity contribution in [2.75, 3.05) is 13.4 Å². The summed E-state index contributed by atoms with van der Waals surface area (Å²) >= 11 is 7.55. The smallest absolute Gasteiger partial charge is 0.354 e. The Bertz CT molecular complexity index is 1070. The second-order valence-electron chi connectivity index (χ2n) is 5.36. The van der Waals surface area contributed by atoms with Crippen LogP contribution in [0.5, 0.6) is 0 Å². The Kier molecular flexibility index (Phi) is 4.81. The van der Waals surface area contributed by atoms with E-state index >= 15 is 0 Å². The standard InChI is InChI=1S/C17H14ClNO4S2/c1-23-17(20)14-9-11-13(19-14)7-10(25(2,21)22)8-16(11)24-15-6-4-3-5-12(15)18/h3-9,19H,1-2H3. The SMILES string of the molecule is COC(=O)c1cc2c(Sc3ccccc3Cl)cc(S(C)(=O)=O)cc2[nH]1. The molecule has 5 nitrogen and oxygen atoms in total. The monoisotopic (exact) mass is 395 g/mol. The fourth-order valence-electron chi connectivity index (χ4n) is 2.34. The van der Waals surface area contributed by atoms with Gasteiger partial charge in [0.2, 0.25) is 0 Å². The summed E-state index contributed by atoms with van der Waals surface area (Å²) in [5.74, 6) is -0.522. The molecule has 3 aromatic rings. The van der Waals surface area contributed by atoms with Gasteiger partial charge in [-0.25, -0.2) is 13.2 Å². The van der Waals surface area contributed by atoms with Gasteiger partial charge in [-0.1, -0.05) is 35.5 Å². The summed E-state index contributed by atoms with van der Waals surface area (Å²) in [6, 6.07) is 12.0. The number of rotatable bonds is 4. The predicted molar refractivity (Wildman–Crippen MR) is 98.3 cm³/mol. The maximum absolute atomic E-state index is 12.0. The molecule has 0 saturated carbocycles. The van der Waals surface area contributed by atoms with Crippen LogP contribution in [0.4, 0.5) is 0 Å². The minimum Gasteiger partial charge on any atom is -0.464 e. The molecule has 8 heteroatoms. The number of carbonyl (C=O) groups is 1. The molecule has 1 N–H and O–H groups in total. The summed E-state index contributed by atoms with van der Waals surface area (Å²) in [5.41, 5.74) is 0.794. The highest BCUT2D eigenvalue weighted by molar-refractivity contribution is 7.99. The summed E-state index contributed by atoms with van der Waals surface area (Å²) in [7, 11) is -2.13. The van der Waals surface area contributed by atoms with Crippen molar-refractivity contribution in [3.05, 3.63) is 53.2 Å². The van der Waals surface area contributed by atoms with E-state index in [1.807, 2.05) is 18.2 Å². The molecule has 0 unspecified atom stereocenters. The van der Waals surface area contributed by atoms with Crippen LogP contribution in [0.3, 0.4) is 0 Å². The van der Waals surface area contributed by atoms with E-state index in [2.05, 4.69) is 4.98 Å². The zero-order valence-corrected chi connectivity index (χ0v) is 15.8. The summed E-state index contributed by atoms with van der Waals surface area (Å²) in [4.78, 5) is 16.3. The van der Waals surface area contributed by atoms with Crippen molar-refractivity contribution < 1.29 is 17.9 Å².